The summed E-state index contributed by atoms with van der Waals surface area (Å²) in [6.07, 6.45) is 3.03. The van der Waals surface area contributed by atoms with Crippen LogP contribution in [0.15, 0.2) is 59.5 Å². The highest BCUT2D eigenvalue weighted by Crippen LogP contribution is 2.22. The number of nitrogens with zero attached hydrogens (tertiary/aromatic N) is 1. The molecule has 118 valence electrons. The summed E-state index contributed by atoms with van der Waals surface area (Å²) < 4.78 is 26.4. The molecule has 0 aromatic heterocycles. The van der Waals surface area contributed by atoms with Gasteiger partial charge in [-0.2, -0.15) is 0 Å². The van der Waals surface area contributed by atoms with Gasteiger partial charge in [-0.1, -0.05) is 62.2 Å². The molecule has 0 fully saturated rings. The molecule has 0 spiro atoms. The van der Waals surface area contributed by atoms with Crippen molar-refractivity contribution in [3.63, 3.8) is 0 Å². The molecule has 0 radical (unpaired) electrons. The van der Waals surface area contributed by atoms with E-state index < -0.39 is 10.0 Å². The van der Waals surface area contributed by atoms with Crippen molar-refractivity contribution in [1.82, 2.24) is 4.31 Å². The molecule has 0 saturated heterocycles. The summed E-state index contributed by atoms with van der Waals surface area (Å²) in [6, 6.07) is 17.0. The van der Waals surface area contributed by atoms with Gasteiger partial charge in [-0.25, -0.2) is 12.7 Å². The van der Waals surface area contributed by atoms with Crippen LogP contribution in [0.25, 0.3) is 11.1 Å². The van der Waals surface area contributed by atoms with E-state index in [0.717, 1.165) is 30.4 Å². The van der Waals surface area contributed by atoms with Crippen LogP contribution in [0.3, 0.4) is 0 Å². The molecule has 0 bridgehead atoms. The predicted molar refractivity (Wildman–Crippen MR) is 91.2 cm³/mol. The number of hydrogen-bond acceptors (Lipinski definition) is 2. The van der Waals surface area contributed by atoms with Gasteiger partial charge >= 0.3 is 0 Å². The maximum atomic E-state index is 12.5. The first-order chi connectivity index (χ1) is 10.6. The van der Waals surface area contributed by atoms with Gasteiger partial charge in [0, 0.05) is 13.6 Å². The Kier molecular flexibility index (Phi) is 5.75. The van der Waals surface area contributed by atoms with Crippen molar-refractivity contribution in [2.45, 2.75) is 31.1 Å². The van der Waals surface area contributed by atoms with Crippen LogP contribution in [0.2, 0.25) is 0 Å². The van der Waals surface area contributed by atoms with Crippen molar-refractivity contribution < 1.29 is 8.42 Å². The summed E-state index contributed by atoms with van der Waals surface area (Å²) in [5.41, 5.74) is 2.11. The fraction of sp³-hybridized carbons (Fsp3) is 0.333. The molecule has 4 heteroatoms. The number of benzene rings is 2. The molecule has 2 rings (SSSR count). The van der Waals surface area contributed by atoms with E-state index in [2.05, 4.69) is 6.92 Å². The first-order valence-corrected chi connectivity index (χ1v) is 9.11. The van der Waals surface area contributed by atoms with Gasteiger partial charge in [0.25, 0.3) is 0 Å². The lowest BCUT2D eigenvalue weighted by atomic mass is 10.1. The van der Waals surface area contributed by atoms with Crippen LogP contribution in [0.5, 0.6) is 0 Å². The third-order valence-corrected chi connectivity index (χ3v) is 5.62. The number of rotatable bonds is 7. The third kappa shape index (κ3) is 3.96. The zero-order valence-electron chi connectivity index (χ0n) is 13.2. The van der Waals surface area contributed by atoms with Crippen molar-refractivity contribution >= 4 is 10.0 Å². The predicted octanol–water partition coefficient (Wildman–Crippen LogP) is 4.16. The molecular weight excluding hydrogens is 294 g/mol. The van der Waals surface area contributed by atoms with Gasteiger partial charge in [0.05, 0.1) is 4.90 Å². The van der Waals surface area contributed by atoms with Gasteiger partial charge < -0.3 is 0 Å². The SMILES string of the molecule is CCCCCN(C)S(=O)(=O)c1ccc(-c2ccccc2)cc1. The monoisotopic (exact) mass is 317 g/mol. The minimum atomic E-state index is -3.39. The molecule has 0 aliphatic carbocycles. The molecule has 0 aliphatic heterocycles. The highest BCUT2D eigenvalue weighted by atomic mass is 32.2. The van der Waals surface area contributed by atoms with E-state index in [1.807, 2.05) is 42.5 Å². The molecular formula is C18H23NO2S. The van der Waals surface area contributed by atoms with Crippen LogP contribution in [-0.2, 0) is 10.0 Å². The Morgan fingerprint density at radius 1 is 0.864 bits per heavy atom. The van der Waals surface area contributed by atoms with Crippen molar-refractivity contribution in [1.29, 1.82) is 0 Å². The Labute approximate surface area is 133 Å². The molecule has 0 N–H and O–H groups in total. The van der Waals surface area contributed by atoms with E-state index in [1.165, 1.54) is 4.31 Å². The zero-order valence-corrected chi connectivity index (χ0v) is 14.0. The largest absolute Gasteiger partial charge is 0.242 e. The molecule has 0 heterocycles. The highest BCUT2D eigenvalue weighted by molar-refractivity contribution is 7.89. The summed E-state index contributed by atoms with van der Waals surface area (Å²) >= 11 is 0. The van der Waals surface area contributed by atoms with Crippen LogP contribution in [-0.4, -0.2) is 26.3 Å². The molecule has 22 heavy (non-hydrogen) atoms. The van der Waals surface area contributed by atoms with E-state index in [-0.39, 0.29) is 0 Å². The standard InChI is InChI=1S/C18H23NO2S/c1-3-4-8-15-19(2)22(20,21)18-13-11-17(12-14-18)16-9-6-5-7-10-16/h5-7,9-14H,3-4,8,15H2,1-2H3. The average molecular weight is 317 g/mol. The summed E-state index contributed by atoms with van der Waals surface area (Å²) in [7, 11) is -1.74. The Bertz CT molecular complexity index is 679. The van der Waals surface area contributed by atoms with Gasteiger partial charge in [-0.05, 0) is 29.7 Å². The van der Waals surface area contributed by atoms with Gasteiger partial charge in [0.1, 0.15) is 0 Å². The molecule has 0 aliphatic rings. The van der Waals surface area contributed by atoms with Crippen LogP contribution in [0.1, 0.15) is 26.2 Å². The fourth-order valence-corrected chi connectivity index (χ4v) is 3.54. The number of hydrogen-bond donors (Lipinski definition) is 0. The molecule has 2 aromatic carbocycles. The van der Waals surface area contributed by atoms with Crippen molar-refractivity contribution in [3.8, 4) is 11.1 Å². The van der Waals surface area contributed by atoms with E-state index >= 15 is 0 Å². The lowest BCUT2D eigenvalue weighted by Crippen LogP contribution is -2.27. The summed E-state index contributed by atoms with van der Waals surface area (Å²) in [5.74, 6) is 0. The second-order valence-electron chi connectivity index (χ2n) is 5.42. The van der Waals surface area contributed by atoms with Gasteiger partial charge in [-0.15, -0.1) is 0 Å². The van der Waals surface area contributed by atoms with Crippen molar-refractivity contribution in [2.75, 3.05) is 13.6 Å². The van der Waals surface area contributed by atoms with Crippen molar-refractivity contribution in [2.24, 2.45) is 0 Å². The molecule has 0 saturated carbocycles. The van der Waals surface area contributed by atoms with Gasteiger partial charge in [0.15, 0.2) is 0 Å². The van der Waals surface area contributed by atoms with E-state index in [0.29, 0.717) is 11.4 Å². The normalized spacial score (nSPS) is 11.8. The molecule has 0 unspecified atom stereocenters. The summed E-state index contributed by atoms with van der Waals surface area (Å²) in [4.78, 5) is 0.353. The lowest BCUT2D eigenvalue weighted by molar-refractivity contribution is 0.454. The second kappa shape index (κ2) is 7.56. The molecule has 3 nitrogen and oxygen atoms in total. The Morgan fingerprint density at radius 2 is 1.45 bits per heavy atom. The fourth-order valence-electron chi connectivity index (χ4n) is 2.33. The topological polar surface area (TPSA) is 37.4 Å². The average Bonchev–Trinajstić information content (AvgIpc) is 2.56. The Morgan fingerprint density at radius 3 is 2.05 bits per heavy atom. The maximum Gasteiger partial charge on any atom is 0.242 e. The smallest absolute Gasteiger partial charge is 0.207 e. The summed E-state index contributed by atoms with van der Waals surface area (Å²) in [5, 5.41) is 0. The number of sulfonamides is 1. The van der Waals surface area contributed by atoms with Crippen LogP contribution in [0, 0.1) is 0 Å². The van der Waals surface area contributed by atoms with Crippen LogP contribution in [0.4, 0.5) is 0 Å². The Hall–Kier alpha value is -1.65. The lowest BCUT2D eigenvalue weighted by Gasteiger charge is -2.17. The van der Waals surface area contributed by atoms with Gasteiger partial charge in [-0.3, -0.25) is 0 Å². The molecule has 0 amide bonds. The molecule has 2 aromatic rings. The van der Waals surface area contributed by atoms with E-state index in [4.69, 9.17) is 0 Å². The van der Waals surface area contributed by atoms with Gasteiger partial charge in [0.2, 0.25) is 10.0 Å². The Balaban J connectivity index is 2.15. The van der Waals surface area contributed by atoms with Crippen molar-refractivity contribution in [3.05, 3.63) is 54.6 Å². The number of unbranched alkanes of at least 4 members (excludes halogenated alkanes) is 2. The quantitative estimate of drug-likeness (QED) is 0.719. The first kappa shape index (κ1) is 16.7. The van der Waals surface area contributed by atoms with E-state index in [9.17, 15) is 8.42 Å². The third-order valence-electron chi connectivity index (χ3n) is 3.75. The van der Waals surface area contributed by atoms with Crippen LogP contribution >= 0.6 is 0 Å². The zero-order chi connectivity index (χ0) is 16.0. The molecule has 0 atom stereocenters. The maximum absolute atomic E-state index is 12.5. The first-order valence-electron chi connectivity index (χ1n) is 7.67. The van der Waals surface area contributed by atoms with Crippen LogP contribution < -0.4 is 0 Å². The second-order valence-corrected chi connectivity index (χ2v) is 7.47. The van der Waals surface area contributed by atoms with E-state index in [1.54, 1.807) is 19.2 Å². The highest BCUT2D eigenvalue weighted by Gasteiger charge is 2.19. The minimum absolute atomic E-state index is 0.353. The summed E-state index contributed by atoms with van der Waals surface area (Å²) in [6.45, 7) is 2.67. The minimum Gasteiger partial charge on any atom is -0.207 e.